The number of phenols is 1. The van der Waals surface area contributed by atoms with E-state index in [1.807, 2.05) is 30.3 Å². The van der Waals surface area contributed by atoms with Gasteiger partial charge >= 0.3 is 0 Å². The molecule has 0 radical (unpaired) electrons. The highest BCUT2D eigenvalue weighted by Crippen LogP contribution is 2.25. The fourth-order valence-electron chi connectivity index (χ4n) is 1.97. The molecule has 0 aliphatic heterocycles. The molecule has 2 N–H and O–H groups in total. The highest BCUT2D eigenvalue weighted by molar-refractivity contribution is 6.31. The lowest BCUT2D eigenvalue weighted by Gasteiger charge is -2.05. The Morgan fingerprint density at radius 1 is 1.10 bits per heavy atom. The third-order valence-corrected chi connectivity index (χ3v) is 3.24. The molecular weight excluding hydrogens is 288 g/mol. The van der Waals surface area contributed by atoms with Gasteiger partial charge in [-0.3, -0.25) is 5.43 Å². The predicted octanol–water partition coefficient (Wildman–Crippen LogP) is 3.43. The average Bonchev–Trinajstić information content (AvgIpc) is 2.51. The van der Waals surface area contributed by atoms with Crippen LogP contribution in [0.5, 0.6) is 5.75 Å². The molecule has 0 atom stereocenters. The molecule has 3 rings (SSSR count). The van der Waals surface area contributed by atoms with Gasteiger partial charge in [0.2, 0.25) is 0 Å². The minimum atomic E-state index is 0.157. The Hall–Kier alpha value is -2.66. The number of fused-ring (bicyclic) bond motifs is 1. The van der Waals surface area contributed by atoms with Crippen LogP contribution in [-0.4, -0.2) is 21.3 Å². The van der Waals surface area contributed by atoms with E-state index >= 15 is 0 Å². The number of halogens is 1. The van der Waals surface area contributed by atoms with Crippen molar-refractivity contribution >= 4 is 34.4 Å². The molecule has 0 saturated carbocycles. The molecule has 0 bridgehead atoms. The summed E-state index contributed by atoms with van der Waals surface area (Å²) in [5.41, 5.74) is 3.33. The highest BCUT2D eigenvalue weighted by Gasteiger charge is 2.04. The van der Waals surface area contributed by atoms with E-state index in [9.17, 15) is 5.11 Å². The molecule has 0 amide bonds. The first-order valence-electron chi connectivity index (χ1n) is 6.22. The summed E-state index contributed by atoms with van der Waals surface area (Å²) in [7, 11) is 0. The van der Waals surface area contributed by atoms with E-state index in [1.165, 1.54) is 18.6 Å². The number of hydrazone groups is 1. The maximum atomic E-state index is 9.99. The van der Waals surface area contributed by atoms with Crippen LogP contribution in [0.4, 0.5) is 5.82 Å². The maximum absolute atomic E-state index is 9.99. The molecule has 3 aromatic rings. The summed E-state index contributed by atoms with van der Waals surface area (Å²) in [6.45, 7) is 0. The minimum absolute atomic E-state index is 0.157. The zero-order valence-corrected chi connectivity index (χ0v) is 11.6. The molecule has 0 fully saturated rings. The average molecular weight is 299 g/mol. The molecule has 104 valence electrons. The summed E-state index contributed by atoms with van der Waals surface area (Å²) in [6, 6.07) is 11.2. The minimum Gasteiger partial charge on any atom is -0.507 e. The van der Waals surface area contributed by atoms with Crippen LogP contribution in [0.1, 0.15) is 5.56 Å². The van der Waals surface area contributed by atoms with E-state index in [-0.39, 0.29) is 10.9 Å². The number of nitrogens with zero attached hydrogens (tertiary/aromatic N) is 3. The molecule has 1 aromatic heterocycles. The van der Waals surface area contributed by atoms with Gasteiger partial charge in [0, 0.05) is 18.0 Å². The third kappa shape index (κ3) is 2.78. The first kappa shape index (κ1) is 13.3. The quantitative estimate of drug-likeness (QED) is 0.574. The normalized spacial score (nSPS) is 11.1. The van der Waals surface area contributed by atoms with Gasteiger partial charge in [0.15, 0.2) is 11.0 Å². The van der Waals surface area contributed by atoms with Gasteiger partial charge in [-0.05, 0) is 16.8 Å². The Bertz CT molecular complexity index is 820. The Kier molecular flexibility index (Phi) is 3.66. The van der Waals surface area contributed by atoms with Crippen LogP contribution in [0.25, 0.3) is 10.8 Å². The summed E-state index contributed by atoms with van der Waals surface area (Å²) in [4.78, 5) is 7.90. The molecule has 5 nitrogen and oxygen atoms in total. The van der Waals surface area contributed by atoms with Crippen LogP contribution in [0.15, 0.2) is 53.9 Å². The van der Waals surface area contributed by atoms with Crippen LogP contribution in [0.2, 0.25) is 5.15 Å². The number of aromatic hydroxyl groups is 1. The standard InChI is InChI=1S/C15H11ClN4O/c16-14-15(18-8-7-17-14)20-19-9-12-11-4-2-1-3-10(11)5-6-13(12)21/h1-9,21H,(H,18,20)/b19-9+. The largest absolute Gasteiger partial charge is 0.507 e. The fraction of sp³-hybridized carbons (Fsp3) is 0. The van der Waals surface area contributed by atoms with Crippen LogP contribution in [-0.2, 0) is 0 Å². The van der Waals surface area contributed by atoms with Crippen molar-refractivity contribution in [3.8, 4) is 5.75 Å². The van der Waals surface area contributed by atoms with E-state index in [4.69, 9.17) is 11.6 Å². The Balaban J connectivity index is 1.93. The van der Waals surface area contributed by atoms with Crippen molar-refractivity contribution in [3.63, 3.8) is 0 Å². The number of nitrogens with one attached hydrogen (secondary N) is 1. The van der Waals surface area contributed by atoms with E-state index in [1.54, 1.807) is 6.07 Å². The summed E-state index contributed by atoms with van der Waals surface area (Å²) >= 11 is 5.87. The van der Waals surface area contributed by atoms with Crippen molar-refractivity contribution in [3.05, 3.63) is 59.5 Å². The van der Waals surface area contributed by atoms with E-state index in [0.717, 1.165) is 10.8 Å². The third-order valence-electron chi connectivity index (χ3n) is 2.97. The van der Waals surface area contributed by atoms with Gasteiger partial charge in [0.1, 0.15) is 5.75 Å². The SMILES string of the molecule is Oc1ccc2ccccc2c1/C=N/Nc1nccnc1Cl. The highest BCUT2D eigenvalue weighted by atomic mass is 35.5. The lowest BCUT2D eigenvalue weighted by Crippen LogP contribution is -1.96. The summed E-state index contributed by atoms with van der Waals surface area (Å²) in [5.74, 6) is 0.514. The van der Waals surface area contributed by atoms with Gasteiger partial charge in [-0.1, -0.05) is 41.9 Å². The molecule has 0 aliphatic rings. The van der Waals surface area contributed by atoms with Crippen LogP contribution >= 0.6 is 11.6 Å². The molecule has 0 spiro atoms. The monoisotopic (exact) mass is 298 g/mol. The van der Waals surface area contributed by atoms with Crippen molar-refractivity contribution in [2.75, 3.05) is 5.43 Å². The fourth-order valence-corrected chi connectivity index (χ4v) is 2.12. The van der Waals surface area contributed by atoms with Gasteiger partial charge < -0.3 is 5.11 Å². The van der Waals surface area contributed by atoms with Crippen molar-refractivity contribution in [2.45, 2.75) is 0 Å². The van der Waals surface area contributed by atoms with Crippen molar-refractivity contribution in [1.29, 1.82) is 0 Å². The van der Waals surface area contributed by atoms with Gasteiger partial charge in [0.25, 0.3) is 0 Å². The van der Waals surface area contributed by atoms with Crippen LogP contribution < -0.4 is 5.43 Å². The van der Waals surface area contributed by atoms with E-state index < -0.39 is 0 Å². The smallest absolute Gasteiger partial charge is 0.184 e. The number of anilines is 1. The van der Waals surface area contributed by atoms with E-state index in [0.29, 0.717) is 11.4 Å². The number of rotatable bonds is 3. The zero-order valence-electron chi connectivity index (χ0n) is 10.9. The van der Waals surface area contributed by atoms with Gasteiger partial charge in [-0.2, -0.15) is 5.10 Å². The van der Waals surface area contributed by atoms with Gasteiger partial charge in [-0.15, -0.1) is 0 Å². The first-order chi connectivity index (χ1) is 10.3. The second-order valence-electron chi connectivity index (χ2n) is 4.29. The topological polar surface area (TPSA) is 70.4 Å². The number of aromatic nitrogens is 2. The molecule has 6 heteroatoms. The lowest BCUT2D eigenvalue weighted by atomic mass is 10.0. The number of hydrogen-bond donors (Lipinski definition) is 2. The summed E-state index contributed by atoms with van der Waals surface area (Å²) in [6.07, 6.45) is 4.54. The molecule has 0 unspecified atom stereocenters. The number of hydrogen-bond acceptors (Lipinski definition) is 5. The van der Waals surface area contributed by atoms with Crippen LogP contribution in [0, 0.1) is 0 Å². The summed E-state index contributed by atoms with van der Waals surface area (Å²) < 4.78 is 0. The first-order valence-corrected chi connectivity index (χ1v) is 6.60. The van der Waals surface area contributed by atoms with Crippen molar-refractivity contribution in [1.82, 2.24) is 9.97 Å². The molecule has 21 heavy (non-hydrogen) atoms. The zero-order chi connectivity index (χ0) is 14.7. The second kappa shape index (κ2) is 5.76. The van der Waals surface area contributed by atoms with Crippen molar-refractivity contribution in [2.24, 2.45) is 5.10 Å². The van der Waals surface area contributed by atoms with Gasteiger partial charge in [0.05, 0.1) is 6.21 Å². The summed E-state index contributed by atoms with van der Waals surface area (Å²) in [5, 5.41) is 16.2. The Morgan fingerprint density at radius 3 is 2.76 bits per heavy atom. The Morgan fingerprint density at radius 2 is 1.90 bits per heavy atom. The molecule has 0 aliphatic carbocycles. The van der Waals surface area contributed by atoms with Crippen molar-refractivity contribution < 1.29 is 5.11 Å². The molecule has 2 aromatic carbocycles. The van der Waals surface area contributed by atoms with Crippen LogP contribution in [0.3, 0.4) is 0 Å². The second-order valence-corrected chi connectivity index (χ2v) is 4.64. The maximum Gasteiger partial charge on any atom is 0.184 e. The Labute approximate surface area is 125 Å². The predicted molar refractivity (Wildman–Crippen MR) is 83.9 cm³/mol. The molecule has 0 saturated heterocycles. The number of benzene rings is 2. The van der Waals surface area contributed by atoms with Gasteiger partial charge in [-0.25, -0.2) is 9.97 Å². The number of phenolic OH excluding ortho intramolecular Hbond substituents is 1. The molecular formula is C15H11ClN4O. The van der Waals surface area contributed by atoms with E-state index in [2.05, 4.69) is 20.5 Å². The lowest BCUT2D eigenvalue weighted by molar-refractivity contribution is 0.475. The molecule has 1 heterocycles.